The Kier molecular flexibility index (Phi) is 4.73. The van der Waals surface area contributed by atoms with Gasteiger partial charge in [-0.3, -0.25) is 9.69 Å². The standard InChI is InChI=1S/C17H27N3O3/c1-17(2,3)16(21)18-12-4-5-15-13(10-12)14(19-23-15)11-20-6-8-22-9-7-20/h12H,4-11H2,1-3H3,(H,18,21). The number of rotatable bonds is 3. The molecular weight excluding hydrogens is 294 g/mol. The minimum Gasteiger partial charge on any atom is -0.379 e. The Hall–Kier alpha value is -1.40. The summed E-state index contributed by atoms with van der Waals surface area (Å²) >= 11 is 0. The molecule has 1 N–H and O–H groups in total. The average molecular weight is 321 g/mol. The molecule has 2 aliphatic rings. The van der Waals surface area contributed by atoms with Gasteiger partial charge in [0.1, 0.15) is 11.5 Å². The van der Waals surface area contributed by atoms with Gasteiger partial charge in [-0.2, -0.15) is 0 Å². The van der Waals surface area contributed by atoms with E-state index in [-0.39, 0.29) is 17.4 Å². The highest BCUT2D eigenvalue weighted by molar-refractivity contribution is 5.81. The first-order chi connectivity index (χ1) is 10.9. The van der Waals surface area contributed by atoms with Gasteiger partial charge in [0, 0.05) is 43.1 Å². The minimum absolute atomic E-state index is 0.108. The van der Waals surface area contributed by atoms with E-state index in [1.807, 2.05) is 20.8 Å². The number of aryl methyl sites for hydroxylation is 1. The number of carbonyl (C=O) groups is 1. The van der Waals surface area contributed by atoms with Crippen LogP contribution in [0, 0.1) is 5.41 Å². The molecule has 1 fully saturated rings. The van der Waals surface area contributed by atoms with Gasteiger partial charge in [0.05, 0.1) is 13.2 Å². The Morgan fingerprint density at radius 1 is 1.35 bits per heavy atom. The molecule has 1 saturated heterocycles. The van der Waals surface area contributed by atoms with Crippen LogP contribution >= 0.6 is 0 Å². The maximum absolute atomic E-state index is 12.2. The van der Waals surface area contributed by atoms with Crippen LogP contribution in [0.3, 0.4) is 0 Å². The lowest BCUT2D eigenvalue weighted by Gasteiger charge is -2.28. The smallest absolute Gasteiger partial charge is 0.225 e. The van der Waals surface area contributed by atoms with E-state index in [0.29, 0.717) is 0 Å². The van der Waals surface area contributed by atoms with Gasteiger partial charge >= 0.3 is 0 Å². The van der Waals surface area contributed by atoms with Crippen molar-refractivity contribution in [2.75, 3.05) is 26.3 Å². The van der Waals surface area contributed by atoms with Gasteiger partial charge in [0.2, 0.25) is 5.91 Å². The first kappa shape index (κ1) is 16.5. The highest BCUT2D eigenvalue weighted by Crippen LogP contribution is 2.26. The molecule has 3 rings (SSSR count). The van der Waals surface area contributed by atoms with Crippen LogP contribution < -0.4 is 5.32 Å². The Bertz CT molecular complexity index is 556. The summed E-state index contributed by atoms with van der Waals surface area (Å²) in [7, 11) is 0. The lowest BCUT2D eigenvalue weighted by atomic mass is 9.89. The molecule has 23 heavy (non-hydrogen) atoms. The molecule has 0 spiro atoms. The summed E-state index contributed by atoms with van der Waals surface area (Å²) < 4.78 is 10.9. The van der Waals surface area contributed by atoms with Crippen LogP contribution in [0.5, 0.6) is 0 Å². The molecule has 1 unspecified atom stereocenters. The van der Waals surface area contributed by atoms with Gasteiger partial charge in [0.25, 0.3) is 0 Å². The van der Waals surface area contributed by atoms with E-state index in [4.69, 9.17) is 9.26 Å². The molecule has 128 valence electrons. The van der Waals surface area contributed by atoms with Crippen LogP contribution in [-0.4, -0.2) is 48.3 Å². The fraction of sp³-hybridized carbons (Fsp3) is 0.765. The van der Waals surface area contributed by atoms with Gasteiger partial charge in [-0.25, -0.2) is 0 Å². The van der Waals surface area contributed by atoms with Crippen molar-refractivity contribution in [3.8, 4) is 0 Å². The second-order valence-corrected chi connectivity index (χ2v) is 7.58. The predicted molar refractivity (Wildman–Crippen MR) is 86.0 cm³/mol. The van der Waals surface area contributed by atoms with Gasteiger partial charge in [0.15, 0.2) is 0 Å². The van der Waals surface area contributed by atoms with E-state index >= 15 is 0 Å². The van der Waals surface area contributed by atoms with Crippen LogP contribution in [0.2, 0.25) is 0 Å². The van der Waals surface area contributed by atoms with Crippen LogP contribution in [0.25, 0.3) is 0 Å². The van der Waals surface area contributed by atoms with Crippen molar-refractivity contribution in [1.29, 1.82) is 0 Å². The molecule has 1 aliphatic heterocycles. The third kappa shape index (κ3) is 3.93. The van der Waals surface area contributed by atoms with Crippen LogP contribution in [0.1, 0.15) is 44.2 Å². The lowest BCUT2D eigenvalue weighted by Crippen LogP contribution is -2.44. The van der Waals surface area contributed by atoms with Crippen molar-refractivity contribution in [2.24, 2.45) is 5.41 Å². The molecule has 1 atom stereocenters. The van der Waals surface area contributed by atoms with E-state index in [2.05, 4.69) is 15.4 Å². The fourth-order valence-electron chi connectivity index (χ4n) is 3.08. The highest BCUT2D eigenvalue weighted by atomic mass is 16.5. The van der Waals surface area contributed by atoms with E-state index in [1.54, 1.807) is 0 Å². The summed E-state index contributed by atoms with van der Waals surface area (Å²) in [6, 6.07) is 0.178. The SMILES string of the molecule is CC(C)(C)C(=O)NC1CCc2onc(CN3CCOCC3)c2C1. The largest absolute Gasteiger partial charge is 0.379 e. The van der Waals surface area contributed by atoms with Crippen molar-refractivity contribution in [3.63, 3.8) is 0 Å². The summed E-state index contributed by atoms with van der Waals surface area (Å²) in [5.74, 6) is 1.10. The van der Waals surface area contributed by atoms with Gasteiger partial charge in [-0.05, 0) is 12.8 Å². The molecule has 0 radical (unpaired) electrons. The minimum atomic E-state index is -0.356. The molecule has 6 nitrogen and oxygen atoms in total. The molecule has 6 heteroatoms. The summed E-state index contributed by atoms with van der Waals surface area (Å²) in [4.78, 5) is 14.6. The second-order valence-electron chi connectivity index (χ2n) is 7.58. The molecule has 1 aromatic heterocycles. The summed E-state index contributed by atoms with van der Waals surface area (Å²) in [5.41, 5.74) is 1.87. The number of aromatic nitrogens is 1. The summed E-state index contributed by atoms with van der Waals surface area (Å²) in [5, 5.41) is 7.46. The van der Waals surface area contributed by atoms with Crippen LogP contribution in [0.15, 0.2) is 4.52 Å². The molecule has 1 amide bonds. The van der Waals surface area contributed by atoms with Crippen molar-refractivity contribution < 1.29 is 14.1 Å². The van der Waals surface area contributed by atoms with Crippen LogP contribution in [0.4, 0.5) is 0 Å². The zero-order valence-electron chi connectivity index (χ0n) is 14.4. The van der Waals surface area contributed by atoms with E-state index in [0.717, 1.165) is 63.6 Å². The maximum atomic E-state index is 12.2. The second kappa shape index (κ2) is 6.61. The number of morpholine rings is 1. The molecule has 2 heterocycles. The van der Waals surface area contributed by atoms with Gasteiger partial charge < -0.3 is 14.6 Å². The first-order valence-corrected chi connectivity index (χ1v) is 8.51. The third-order valence-corrected chi connectivity index (χ3v) is 4.61. The van der Waals surface area contributed by atoms with Crippen molar-refractivity contribution in [1.82, 2.24) is 15.4 Å². The maximum Gasteiger partial charge on any atom is 0.225 e. The third-order valence-electron chi connectivity index (χ3n) is 4.61. The molecule has 0 saturated carbocycles. The topological polar surface area (TPSA) is 67.6 Å². The van der Waals surface area contributed by atoms with Crippen molar-refractivity contribution >= 4 is 5.91 Å². The Morgan fingerprint density at radius 3 is 2.78 bits per heavy atom. The van der Waals surface area contributed by atoms with E-state index in [9.17, 15) is 4.79 Å². The lowest BCUT2D eigenvalue weighted by molar-refractivity contribution is -0.129. The van der Waals surface area contributed by atoms with Crippen molar-refractivity contribution in [2.45, 2.75) is 52.6 Å². The number of hydrogen-bond donors (Lipinski definition) is 1. The monoisotopic (exact) mass is 321 g/mol. The number of hydrogen-bond acceptors (Lipinski definition) is 5. The van der Waals surface area contributed by atoms with Crippen molar-refractivity contribution in [3.05, 3.63) is 17.0 Å². The Balaban J connectivity index is 1.65. The number of nitrogens with zero attached hydrogens (tertiary/aromatic N) is 2. The molecular formula is C17H27N3O3. The highest BCUT2D eigenvalue weighted by Gasteiger charge is 2.30. The summed E-state index contributed by atoms with van der Waals surface area (Å²) in [6.07, 6.45) is 2.59. The van der Waals surface area contributed by atoms with E-state index in [1.165, 1.54) is 5.56 Å². The number of amides is 1. The zero-order valence-corrected chi connectivity index (χ0v) is 14.4. The fourth-order valence-corrected chi connectivity index (χ4v) is 3.08. The molecule has 0 bridgehead atoms. The Labute approximate surface area is 137 Å². The number of nitrogens with one attached hydrogen (secondary N) is 1. The number of ether oxygens (including phenoxy) is 1. The zero-order chi connectivity index (χ0) is 16.4. The summed E-state index contributed by atoms with van der Waals surface area (Å²) in [6.45, 7) is 10.1. The van der Waals surface area contributed by atoms with Crippen LogP contribution in [-0.2, 0) is 28.9 Å². The molecule has 1 aliphatic carbocycles. The van der Waals surface area contributed by atoms with Gasteiger partial charge in [-0.15, -0.1) is 0 Å². The molecule has 0 aromatic carbocycles. The van der Waals surface area contributed by atoms with Gasteiger partial charge in [-0.1, -0.05) is 25.9 Å². The Morgan fingerprint density at radius 2 is 2.09 bits per heavy atom. The van der Waals surface area contributed by atoms with E-state index < -0.39 is 0 Å². The number of fused-ring (bicyclic) bond motifs is 1. The molecule has 1 aromatic rings. The first-order valence-electron chi connectivity index (χ1n) is 8.51. The predicted octanol–water partition coefficient (Wildman–Crippen LogP) is 1.53. The number of carbonyl (C=O) groups excluding carboxylic acids is 1. The normalized spacial score (nSPS) is 22.7. The quantitative estimate of drug-likeness (QED) is 0.914. The average Bonchev–Trinajstić information content (AvgIpc) is 2.90.